The van der Waals surface area contributed by atoms with Crippen LogP contribution in [0.3, 0.4) is 0 Å². The maximum atomic E-state index is 2.43. The van der Waals surface area contributed by atoms with Gasteiger partial charge < -0.3 is 0 Å². The molecule has 13 heavy (non-hydrogen) atoms. The van der Waals surface area contributed by atoms with Crippen LogP contribution >= 0.6 is 23.5 Å². The minimum atomic E-state index is 0.140. The first kappa shape index (κ1) is 9.21. The van der Waals surface area contributed by atoms with E-state index in [0.717, 1.165) is 10.5 Å². The minimum absolute atomic E-state index is 0.140. The van der Waals surface area contributed by atoms with Gasteiger partial charge in [-0.1, -0.05) is 0 Å². The molecule has 2 aliphatic rings. The monoisotopic (exact) mass is 326 g/mol. The first-order valence-corrected chi connectivity index (χ1v) is 9.14. The quantitative estimate of drug-likeness (QED) is 0.614. The third-order valence-corrected chi connectivity index (χ3v) is 7.55. The standard InChI is InChI=1S/C10H12S2Te/c1-2-10(4-8-6-12-8)13-9(1)3-7-5-11-7/h1-2,7-8H,3-6H2. The topological polar surface area (TPSA) is 0 Å². The predicted molar refractivity (Wildman–Crippen MR) is 63.3 cm³/mol. The summed E-state index contributed by atoms with van der Waals surface area (Å²) >= 11 is 4.41. The molecule has 2 unspecified atom stereocenters. The van der Waals surface area contributed by atoms with Gasteiger partial charge in [-0.25, -0.2) is 0 Å². The Hall–Kier alpha value is 0.970. The molecule has 0 amide bonds. The molecular weight excluding hydrogens is 312 g/mol. The molecule has 3 heteroatoms. The molecule has 0 saturated carbocycles. The van der Waals surface area contributed by atoms with Crippen molar-refractivity contribution in [3.05, 3.63) is 19.3 Å². The normalized spacial score (nSPS) is 30.5. The summed E-state index contributed by atoms with van der Waals surface area (Å²) in [7, 11) is 0. The van der Waals surface area contributed by atoms with Crippen LogP contribution in [-0.4, -0.2) is 42.4 Å². The van der Waals surface area contributed by atoms with E-state index in [4.69, 9.17) is 0 Å². The van der Waals surface area contributed by atoms with Crippen LogP contribution in [0, 0.1) is 0 Å². The molecule has 3 heterocycles. The van der Waals surface area contributed by atoms with Crippen LogP contribution in [-0.2, 0) is 12.8 Å². The van der Waals surface area contributed by atoms with Crippen molar-refractivity contribution in [3.8, 4) is 0 Å². The van der Waals surface area contributed by atoms with E-state index in [1.165, 1.54) is 24.3 Å². The molecule has 0 aromatic carbocycles. The molecule has 0 nitrogen and oxygen atoms in total. The van der Waals surface area contributed by atoms with Crippen LogP contribution < -0.4 is 0 Å². The van der Waals surface area contributed by atoms with Gasteiger partial charge in [-0.05, 0) is 0 Å². The van der Waals surface area contributed by atoms with Gasteiger partial charge in [0, 0.05) is 0 Å². The van der Waals surface area contributed by atoms with Crippen LogP contribution in [0.1, 0.15) is 7.16 Å². The van der Waals surface area contributed by atoms with Crippen molar-refractivity contribution in [3.63, 3.8) is 0 Å². The first-order valence-electron chi connectivity index (χ1n) is 4.71. The second-order valence-electron chi connectivity index (χ2n) is 3.69. The fourth-order valence-corrected chi connectivity index (χ4v) is 6.59. The molecule has 0 N–H and O–H groups in total. The van der Waals surface area contributed by atoms with Crippen LogP contribution in [0.2, 0.25) is 0 Å². The van der Waals surface area contributed by atoms with Crippen molar-refractivity contribution < 1.29 is 0 Å². The molecule has 2 saturated heterocycles. The molecule has 70 valence electrons. The van der Waals surface area contributed by atoms with Gasteiger partial charge in [0.05, 0.1) is 0 Å². The van der Waals surface area contributed by atoms with E-state index in [1.807, 2.05) is 7.16 Å². The van der Waals surface area contributed by atoms with E-state index in [9.17, 15) is 0 Å². The van der Waals surface area contributed by atoms with Crippen LogP contribution in [0.5, 0.6) is 0 Å². The summed E-state index contributed by atoms with van der Waals surface area (Å²) in [4.78, 5) is 0. The van der Waals surface area contributed by atoms with Gasteiger partial charge in [-0.15, -0.1) is 0 Å². The fraction of sp³-hybridized carbons (Fsp3) is 0.600. The Morgan fingerprint density at radius 1 is 1.08 bits per heavy atom. The molecule has 3 rings (SSSR count). The Morgan fingerprint density at radius 2 is 1.54 bits per heavy atom. The Labute approximate surface area is 97.5 Å². The molecule has 2 atom stereocenters. The number of hydrogen-bond donors (Lipinski definition) is 0. The second kappa shape index (κ2) is 3.85. The second-order valence-corrected chi connectivity index (χ2v) is 9.93. The van der Waals surface area contributed by atoms with Crippen molar-refractivity contribution in [2.75, 3.05) is 11.5 Å². The van der Waals surface area contributed by atoms with Crippen molar-refractivity contribution in [1.29, 1.82) is 0 Å². The average Bonchev–Trinajstić information content (AvgIpc) is 2.96. The summed E-state index contributed by atoms with van der Waals surface area (Å²) < 4.78 is 3.64. The SMILES string of the molecule is c1cc(CC2CS2)[te]c1CC1CS1. The molecule has 0 radical (unpaired) electrons. The Morgan fingerprint density at radius 3 is 1.92 bits per heavy atom. The van der Waals surface area contributed by atoms with E-state index >= 15 is 0 Å². The number of hydrogen-bond acceptors (Lipinski definition) is 2. The van der Waals surface area contributed by atoms with Crippen LogP contribution in [0.25, 0.3) is 0 Å². The summed E-state index contributed by atoms with van der Waals surface area (Å²) in [6.45, 7) is 0. The zero-order valence-electron chi connectivity index (χ0n) is 7.36. The Bertz CT molecular complexity index is 271. The first-order chi connectivity index (χ1) is 6.40. The molecule has 1 aromatic rings. The van der Waals surface area contributed by atoms with E-state index in [-0.39, 0.29) is 20.4 Å². The van der Waals surface area contributed by atoms with Crippen LogP contribution in [0.15, 0.2) is 12.1 Å². The third-order valence-electron chi connectivity index (χ3n) is 2.38. The van der Waals surface area contributed by atoms with E-state index in [0.29, 0.717) is 0 Å². The van der Waals surface area contributed by atoms with E-state index in [2.05, 4.69) is 35.7 Å². The molecule has 2 fully saturated rings. The van der Waals surface area contributed by atoms with E-state index in [1.54, 1.807) is 0 Å². The van der Waals surface area contributed by atoms with Gasteiger partial charge in [0.15, 0.2) is 0 Å². The summed E-state index contributed by atoms with van der Waals surface area (Å²) in [5.74, 6) is 2.86. The number of thioether (sulfide) groups is 2. The molecule has 0 spiro atoms. The summed E-state index contributed by atoms with van der Waals surface area (Å²) in [6, 6.07) is 4.87. The van der Waals surface area contributed by atoms with Gasteiger partial charge in [-0.2, -0.15) is 0 Å². The molecule has 1 aromatic heterocycles. The van der Waals surface area contributed by atoms with Gasteiger partial charge >= 0.3 is 98.1 Å². The number of rotatable bonds is 4. The molecule has 2 aliphatic heterocycles. The molecule has 0 aliphatic carbocycles. The van der Waals surface area contributed by atoms with Crippen molar-refractivity contribution in [2.45, 2.75) is 23.3 Å². The fourth-order valence-electron chi connectivity index (χ4n) is 1.46. The zero-order valence-corrected chi connectivity index (χ0v) is 11.3. The van der Waals surface area contributed by atoms with Gasteiger partial charge in [0.25, 0.3) is 0 Å². The summed E-state index contributed by atoms with van der Waals surface area (Å²) in [6.07, 6.45) is 2.84. The predicted octanol–water partition coefficient (Wildman–Crippen LogP) is 2.06. The van der Waals surface area contributed by atoms with Crippen molar-refractivity contribution in [1.82, 2.24) is 0 Å². The van der Waals surface area contributed by atoms with Gasteiger partial charge in [0.2, 0.25) is 0 Å². The summed E-state index contributed by atoms with van der Waals surface area (Å²) in [5.41, 5.74) is 0. The van der Waals surface area contributed by atoms with Crippen molar-refractivity contribution >= 4 is 44.0 Å². The molecular formula is C10H12S2Te. The molecule has 0 bridgehead atoms. The Kier molecular flexibility index (Phi) is 2.73. The third kappa shape index (κ3) is 2.72. The Balaban J connectivity index is 1.62. The maximum absolute atomic E-state index is 2.43. The average molecular weight is 324 g/mol. The van der Waals surface area contributed by atoms with Crippen molar-refractivity contribution in [2.24, 2.45) is 0 Å². The zero-order chi connectivity index (χ0) is 8.67. The van der Waals surface area contributed by atoms with Gasteiger partial charge in [-0.3, -0.25) is 0 Å². The summed E-state index contributed by atoms with van der Waals surface area (Å²) in [5, 5.41) is 2.03. The van der Waals surface area contributed by atoms with Crippen LogP contribution in [0.4, 0.5) is 0 Å². The van der Waals surface area contributed by atoms with E-state index < -0.39 is 0 Å². The van der Waals surface area contributed by atoms with Gasteiger partial charge in [0.1, 0.15) is 0 Å².